The van der Waals surface area contributed by atoms with E-state index in [2.05, 4.69) is 20.8 Å². The quantitative estimate of drug-likeness (QED) is 0.569. The van der Waals surface area contributed by atoms with E-state index in [0.29, 0.717) is 11.8 Å². The molecule has 11 heavy (non-hydrogen) atoms. The van der Waals surface area contributed by atoms with Gasteiger partial charge in [-0.05, 0) is 24.7 Å². The SMILES string of the molecule is CCC(C)C(C)C1(C=O)CC1. The minimum atomic E-state index is 0.0927. The first-order valence-corrected chi connectivity index (χ1v) is 4.62. The van der Waals surface area contributed by atoms with Crippen LogP contribution in [0.1, 0.15) is 40.0 Å². The molecular formula is C10H18O. The zero-order valence-electron chi connectivity index (χ0n) is 7.76. The van der Waals surface area contributed by atoms with Gasteiger partial charge >= 0.3 is 0 Å². The Morgan fingerprint density at radius 2 is 2.00 bits per heavy atom. The van der Waals surface area contributed by atoms with E-state index in [9.17, 15) is 4.79 Å². The van der Waals surface area contributed by atoms with Crippen molar-refractivity contribution in [2.75, 3.05) is 0 Å². The van der Waals surface area contributed by atoms with Gasteiger partial charge in [0.1, 0.15) is 6.29 Å². The Morgan fingerprint density at radius 3 is 2.27 bits per heavy atom. The van der Waals surface area contributed by atoms with Crippen molar-refractivity contribution in [3.8, 4) is 0 Å². The Balaban J connectivity index is 2.52. The van der Waals surface area contributed by atoms with Gasteiger partial charge in [-0.1, -0.05) is 27.2 Å². The lowest BCUT2D eigenvalue weighted by atomic mass is 9.81. The summed E-state index contributed by atoms with van der Waals surface area (Å²) in [5.41, 5.74) is 0.0927. The van der Waals surface area contributed by atoms with Crippen molar-refractivity contribution < 1.29 is 4.79 Å². The van der Waals surface area contributed by atoms with Crippen LogP contribution in [0.25, 0.3) is 0 Å². The molecular weight excluding hydrogens is 136 g/mol. The van der Waals surface area contributed by atoms with Crippen LogP contribution in [0.15, 0.2) is 0 Å². The third-order valence-electron chi connectivity index (χ3n) is 3.47. The molecule has 0 aliphatic heterocycles. The van der Waals surface area contributed by atoms with E-state index < -0.39 is 0 Å². The maximum absolute atomic E-state index is 10.8. The second kappa shape index (κ2) is 2.96. The first-order chi connectivity index (χ1) is 5.16. The monoisotopic (exact) mass is 154 g/mol. The number of carbonyl (C=O) groups is 1. The summed E-state index contributed by atoms with van der Waals surface area (Å²) in [4.78, 5) is 10.8. The Bertz CT molecular complexity index is 147. The van der Waals surface area contributed by atoms with Crippen LogP contribution in [-0.4, -0.2) is 6.29 Å². The molecule has 0 saturated heterocycles. The van der Waals surface area contributed by atoms with Gasteiger partial charge in [0.25, 0.3) is 0 Å². The molecule has 1 rings (SSSR count). The zero-order chi connectivity index (χ0) is 8.48. The molecule has 0 aromatic carbocycles. The summed E-state index contributed by atoms with van der Waals surface area (Å²) in [5.74, 6) is 1.28. The number of aldehydes is 1. The maximum Gasteiger partial charge on any atom is 0.126 e. The summed E-state index contributed by atoms with van der Waals surface area (Å²) < 4.78 is 0. The Morgan fingerprint density at radius 1 is 1.45 bits per heavy atom. The molecule has 0 radical (unpaired) electrons. The topological polar surface area (TPSA) is 17.1 Å². The minimum absolute atomic E-state index is 0.0927. The van der Waals surface area contributed by atoms with Gasteiger partial charge in [-0.25, -0.2) is 0 Å². The fourth-order valence-corrected chi connectivity index (χ4v) is 1.75. The predicted molar refractivity (Wildman–Crippen MR) is 46.4 cm³/mol. The molecule has 1 saturated carbocycles. The van der Waals surface area contributed by atoms with Crippen LogP contribution in [0.3, 0.4) is 0 Å². The van der Waals surface area contributed by atoms with E-state index in [0.717, 1.165) is 12.8 Å². The summed E-state index contributed by atoms with van der Waals surface area (Å²) in [6.45, 7) is 6.66. The van der Waals surface area contributed by atoms with E-state index in [-0.39, 0.29) is 5.41 Å². The molecule has 0 aromatic heterocycles. The standard InChI is InChI=1S/C10H18O/c1-4-8(2)9(3)10(7-11)5-6-10/h7-9H,4-6H2,1-3H3. The smallest absolute Gasteiger partial charge is 0.126 e. The molecule has 0 amide bonds. The van der Waals surface area contributed by atoms with Gasteiger partial charge in [0.2, 0.25) is 0 Å². The molecule has 1 nitrogen and oxygen atoms in total. The lowest BCUT2D eigenvalue weighted by Gasteiger charge is -2.23. The normalized spacial score (nSPS) is 25.7. The number of rotatable bonds is 4. The van der Waals surface area contributed by atoms with Crippen molar-refractivity contribution in [3.63, 3.8) is 0 Å². The van der Waals surface area contributed by atoms with Gasteiger partial charge in [-0.15, -0.1) is 0 Å². The average molecular weight is 154 g/mol. The van der Waals surface area contributed by atoms with Gasteiger partial charge in [-0.2, -0.15) is 0 Å². The molecule has 2 atom stereocenters. The highest BCUT2D eigenvalue weighted by molar-refractivity contribution is 5.64. The maximum atomic E-state index is 10.8. The highest BCUT2D eigenvalue weighted by Gasteiger charge is 2.48. The average Bonchev–Trinajstić information content (AvgIpc) is 2.82. The third-order valence-corrected chi connectivity index (χ3v) is 3.47. The first-order valence-electron chi connectivity index (χ1n) is 4.62. The molecule has 1 fully saturated rings. The number of hydrogen-bond acceptors (Lipinski definition) is 1. The lowest BCUT2D eigenvalue weighted by Crippen LogP contribution is -2.20. The number of carbonyl (C=O) groups excluding carboxylic acids is 1. The van der Waals surface area contributed by atoms with E-state index in [1.807, 2.05) is 0 Å². The first kappa shape index (κ1) is 8.76. The van der Waals surface area contributed by atoms with E-state index >= 15 is 0 Å². The van der Waals surface area contributed by atoms with E-state index in [1.54, 1.807) is 0 Å². The zero-order valence-corrected chi connectivity index (χ0v) is 7.76. The van der Waals surface area contributed by atoms with Gasteiger partial charge in [0.05, 0.1) is 0 Å². The van der Waals surface area contributed by atoms with Crippen LogP contribution in [0.2, 0.25) is 0 Å². The predicted octanol–water partition coefficient (Wildman–Crippen LogP) is 2.65. The molecule has 0 N–H and O–H groups in total. The fourth-order valence-electron chi connectivity index (χ4n) is 1.75. The molecule has 2 unspecified atom stereocenters. The molecule has 1 heteroatoms. The van der Waals surface area contributed by atoms with Crippen LogP contribution in [0.5, 0.6) is 0 Å². The van der Waals surface area contributed by atoms with Crippen LogP contribution in [0.4, 0.5) is 0 Å². The summed E-state index contributed by atoms with van der Waals surface area (Å²) in [6.07, 6.45) is 4.63. The van der Waals surface area contributed by atoms with Crippen molar-refractivity contribution in [3.05, 3.63) is 0 Å². The largest absolute Gasteiger partial charge is 0.303 e. The molecule has 1 aliphatic rings. The third kappa shape index (κ3) is 1.47. The fraction of sp³-hybridized carbons (Fsp3) is 0.900. The second-order valence-electron chi connectivity index (χ2n) is 4.03. The molecule has 0 aromatic rings. The molecule has 0 bridgehead atoms. The van der Waals surface area contributed by atoms with Gasteiger partial charge < -0.3 is 4.79 Å². The summed E-state index contributed by atoms with van der Waals surface area (Å²) in [6, 6.07) is 0. The van der Waals surface area contributed by atoms with Crippen LogP contribution >= 0.6 is 0 Å². The Labute approximate surface area is 69.2 Å². The van der Waals surface area contributed by atoms with Crippen molar-refractivity contribution >= 4 is 6.29 Å². The highest BCUT2D eigenvalue weighted by atomic mass is 16.1. The molecule has 0 spiro atoms. The van der Waals surface area contributed by atoms with Crippen molar-refractivity contribution in [2.45, 2.75) is 40.0 Å². The van der Waals surface area contributed by atoms with Gasteiger partial charge in [0.15, 0.2) is 0 Å². The number of hydrogen-bond donors (Lipinski definition) is 0. The van der Waals surface area contributed by atoms with Crippen LogP contribution in [0, 0.1) is 17.3 Å². The second-order valence-corrected chi connectivity index (χ2v) is 4.03. The molecule has 0 heterocycles. The van der Waals surface area contributed by atoms with E-state index in [4.69, 9.17) is 0 Å². The lowest BCUT2D eigenvalue weighted by molar-refractivity contribution is -0.114. The molecule has 1 aliphatic carbocycles. The Kier molecular flexibility index (Phi) is 2.36. The highest BCUT2D eigenvalue weighted by Crippen LogP contribution is 2.52. The van der Waals surface area contributed by atoms with Gasteiger partial charge in [-0.3, -0.25) is 0 Å². The van der Waals surface area contributed by atoms with Crippen LogP contribution in [-0.2, 0) is 4.79 Å². The van der Waals surface area contributed by atoms with Crippen molar-refractivity contribution in [1.82, 2.24) is 0 Å². The van der Waals surface area contributed by atoms with E-state index in [1.165, 1.54) is 12.7 Å². The molecule has 64 valence electrons. The van der Waals surface area contributed by atoms with Crippen molar-refractivity contribution in [1.29, 1.82) is 0 Å². The van der Waals surface area contributed by atoms with Crippen LogP contribution < -0.4 is 0 Å². The summed E-state index contributed by atoms with van der Waals surface area (Å²) >= 11 is 0. The summed E-state index contributed by atoms with van der Waals surface area (Å²) in [5, 5.41) is 0. The minimum Gasteiger partial charge on any atom is -0.303 e. The van der Waals surface area contributed by atoms with Crippen molar-refractivity contribution in [2.24, 2.45) is 17.3 Å². The summed E-state index contributed by atoms with van der Waals surface area (Å²) in [7, 11) is 0. The Hall–Kier alpha value is -0.330. The van der Waals surface area contributed by atoms with Gasteiger partial charge in [0, 0.05) is 5.41 Å².